The molecular formula is C11H10IN3O. The Kier molecular flexibility index (Phi) is 3.04. The van der Waals surface area contributed by atoms with Gasteiger partial charge in [0, 0.05) is 6.20 Å². The minimum absolute atomic E-state index is 0.119. The van der Waals surface area contributed by atoms with Crippen LogP contribution < -0.4 is 5.56 Å². The van der Waals surface area contributed by atoms with Gasteiger partial charge in [-0.25, -0.2) is 4.98 Å². The zero-order chi connectivity index (χ0) is 11.7. The first-order chi connectivity index (χ1) is 7.58. The lowest BCUT2D eigenvalue weighted by Gasteiger charge is -2.03. The third-order valence-corrected chi connectivity index (χ3v) is 3.46. The van der Waals surface area contributed by atoms with Gasteiger partial charge in [-0.3, -0.25) is 9.78 Å². The van der Waals surface area contributed by atoms with Gasteiger partial charge < -0.3 is 4.98 Å². The maximum atomic E-state index is 11.6. The van der Waals surface area contributed by atoms with E-state index in [0.717, 1.165) is 11.3 Å². The summed E-state index contributed by atoms with van der Waals surface area (Å²) in [6, 6.07) is 3.80. The molecule has 2 heterocycles. The van der Waals surface area contributed by atoms with Gasteiger partial charge >= 0.3 is 0 Å². The normalized spacial score (nSPS) is 10.4. The van der Waals surface area contributed by atoms with Gasteiger partial charge in [-0.1, -0.05) is 0 Å². The van der Waals surface area contributed by atoms with Crippen molar-refractivity contribution in [1.82, 2.24) is 15.0 Å². The predicted octanol–water partition coefficient (Wildman–Crippen LogP) is 2.05. The Bertz CT molecular complexity index is 592. The van der Waals surface area contributed by atoms with Gasteiger partial charge in [0.1, 0.15) is 5.69 Å². The van der Waals surface area contributed by atoms with Crippen molar-refractivity contribution in [1.29, 1.82) is 0 Å². The number of hydrogen-bond donors (Lipinski definition) is 1. The lowest BCUT2D eigenvalue weighted by molar-refractivity contribution is 1.03. The summed E-state index contributed by atoms with van der Waals surface area (Å²) >= 11 is 1.98. The number of halogens is 1. The summed E-state index contributed by atoms with van der Waals surface area (Å²) < 4.78 is 0.619. The summed E-state index contributed by atoms with van der Waals surface area (Å²) in [5.41, 5.74) is 2.38. The van der Waals surface area contributed by atoms with E-state index in [9.17, 15) is 4.79 Å². The van der Waals surface area contributed by atoms with Gasteiger partial charge in [0.25, 0.3) is 5.56 Å². The first-order valence-corrected chi connectivity index (χ1v) is 5.85. The number of H-pyrrole nitrogens is 1. The maximum absolute atomic E-state index is 11.6. The van der Waals surface area contributed by atoms with Crippen molar-refractivity contribution in [2.45, 2.75) is 13.8 Å². The van der Waals surface area contributed by atoms with Crippen LogP contribution in [-0.4, -0.2) is 15.0 Å². The van der Waals surface area contributed by atoms with Crippen LogP contribution >= 0.6 is 22.6 Å². The highest BCUT2D eigenvalue weighted by Gasteiger charge is 2.07. The highest BCUT2D eigenvalue weighted by atomic mass is 127. The third kappa shape index (κ3) is 2.13. The predicted molar refractivity (Wildman–Crippen MR) is 70.3 cm³/mol. The smallest absolute Gasteiger partial charge is 0.264 e. The second-order valence-electron chi connectivity index (χ2n) is 3.53. The van der Waals surface area contributed by atoms with Crippen LogP contribution in [0.4, 0.5) is 0 Å². The fourth-order valence-electron chi connectivity index (χ4n) is 1.36. The Labute approximate surface area is 106 Å². The molecular weight excluding hydrogens is 317 g/mol. The van der Waals surface area contributed by atoms with Crippen molar-refractivity contribution in [3.8, 4) is 11.5 Å². The fourth-order valence-corrected chi connectivity index (χ4v) is 1.61. The number of nitrogens with one attached hydrogen (secondary N) is 1. The number of pyridine rings is 1. The molecule has 1 N–H and O–H groups in total. The van der Waals surface area contributed by atoms with Gasteiger partial charge in [-0.05, 0) is 54.1 Å². The molecule has 82 valence electrons. The molecule has 0 radical (unpaired) electrons. The molecule has 0 bridgehead atoms. The van der Waals surface area contributed by atoms with Crippen LogP contribution in [0, 0.1) is 17.4 Å². The van der Waals surface area contributed by atoms with Crippen LogP contribution in [0.2, 0.25) is 0 Å². The number of nitrogens with zero attached hydrogens (tertiary/aromatic N) is 2. The zero-order valence-corrected chi connectivity index (χ0v) is 11.1. The van der Waals surface area contributed by atoms with Crippen molar-refractivity contribution < 1.29 is 0 Å². The second kappa shape index (κ2) is 4.32. The second-order valence-corrected chi connectivity index (χ2v) is 4.61. The quantitative estimate of drug-likeness (QED) is 0.816. The maximum Gasteiger partial charge on any atom is 0.264 e. The molecule has 0 aliphatic heterocycles. The molecule has 2 aromatic heterocycles. The van der Waals surface area contributed by atoms with E-state index in [4.69, 9.17) is 0 Å². The van der Waals surface area contributed by atoms with E-state index in [1.165, 1.54) is 0 Å². The lowest BCUT2D eigenvalue weighted by atomic mass is 10.2. The average molecular weight is 327 g/mol. The summed E-state index contributed by atoms with van der Waals surface area (Å²) in [5.74, 6) is 0.520. The molecule has 0 fully saturated rings. The molecule has 0 amide bonds. The molecule has 0 saturated heterocycles. The third-order valence-electron chi connectivity index (χ3n) is 2.19. The van der Waals surface area contributed by atoms with Crippen LogP contribution in [-0.2, 0) is 0 Å². The highest BCUT2D eigenvalue weighted by Crippen LogP contribution is 2.13. The zero-order valence-electron chi connectivity index (χ0n) is 8.91. The molecule has 5 heteroatoms. The van der Waals surface area contributed by atoms with Crippen molar-refractivity contribution in [2.75, 3.05) is 0 Å². The minimum Gasteiger partial charge on any atom is -0.304 e. The van der Waals surface area contributed by atoms with Crippen LogP contribution in [0.15, 0.2) is 23.1 Å². The molecule has 0 aromatic carbocycles. The van der Waals surface area contributed by atoms with E-state index in [0.29, 0.717) is 15.1 Å². The van der Waals surface area contributed by atoms with Gasteiger partial charge in [-0.15, -0.1) is 0 Å². The Morgan fingerprint density at radius 3 is 2.75 bits per heavy atom. The number of aromatic amines is 1. The Morgan fingerprint density at radius 1 is 1.38 bits per heavy atom. The van der Waals surface area contributed by atoms with E-state index in [-0.39, 0.29) is 5.56 Å². The first-order valence-electron chi connectivity index (χ1n) is 4.77. The van der Waals surface area contributed by atoms with E-state index in [1.54, 1.807) is 6.20 Å². The van der Waals surface area contributed by atoms with Gasteiger partial charge in [0.2, 0.25) is 0 Å². The number of hydrogen-bond acceptors (Lipinski definition) is 3. The summed E-state index contributed by atoms with van der Waals surface area (Å²) in [4.78, 5) is 22.8. The highest BCUT2D eigenvalue weighted by molar-refractivity contribution is 14.1. The molecule has 16 heavy (non-hydrogen) atoms. The van der Waals surface area contributed by atoms with Gasteiger partial charge in [0.15, 0.2) is 5.82 Å². The molecule has 2 rings (SSSR count). The largest absolute Gasteiger partial charge is 0.304 e. The molecule has 2 aromatic rings. The molecule has 0 atom stereocenters. The van der Waals surface area contributed by atoms with E-state index in [1.807, 2.05) is 48.6 Å². The Hall–Kier alpha value is -1.24. The Balaban J connectivity index is 2.61. The first kappa shape index (κ1) is 11.3. The summed E-state index contributed by atoms with van der Waals surface area (Å²) in [6.45, 7) is 3.79. The van der Waals surface area contributed by atoms with Crippen LogP contribution in [0.25, 0.3) is 11.5 Å². The standard InChI is InChI=1S/C11H10IN3O/c1-6-3-4-13-8(5-6)10-14-7(2)9(12)11(16)15-10/h3-5H,1-2H3,(H,14,15,16). The topological polar surface area (TPSA) is 58.6 Å². The summed E-state index contributed by atoms with van der Waals surface area (Å²) in [7, 11) is 0. The van der Waals surface area contributed by atoms with Crippen LogP contribution in [0.1, 0.15) is 11.3 Å². The van der Waals surface area contributed by atoms with E-state index in [2.05, 4.69) is 15.0 Å². The molecule has 0 spiro atoms. The van der Waals surface area contributed by atoms with Gasteiger partial charge in [-0.2, -0.15) is 0 Å². The molecule has 0 aliphatic rings. The van der Waals surface area contributed by atoms with E-state index < -0.39 is 0 Å². The molecule has 4 nitrogen and oxygen atoms in total. The fraction of sp³-hybridized carbons (Fsp3) is 0.182. The van der Waals surface area contributed by atoms with Crippen molar-refractivity contribution in [3.63, 3.8) is 0 Å². The van der Waals surface area contributed by atoms with Crippen molar-refractivity contribution in [2.24, 2.45) is 0 Å². The van der Waals surface area contributed by atoms with Crippen molar-refractivity contribution in [3.05, 3.63) is 43.5 Å². The number of aromatic nitrogens is 3. The van der Waals surface area contributed by atoms with Crippen LogP contribution in [0.5, 0.6) is 0 Å². The number of aryl methyl sites for hydroxylation is 2. The molecule has 0 aliphatic carbocycles. The number of rotatable bonds is 1. The SMILES string of the molecule is Cc1ccnc(-c2nc(C)c(I)c(=O)[nH]2)c1. The van der Waals surface area contributed by atoms with Crippen LogP contribution in [0.3, 0.4) is 0 Å². The average Bonchev–Trinajstić information content (AvgIpc) is 2.25. The van der Waals surface area contributed by atoms with Crippen molar-refractivity contribution >= 4 is 22.6 Å². The lowest BCUT2D eigenvalue weighted by Crippen LogP contribution is -2.14. The van der Waals surface area contributed by atoms with E-state index >= 15 is 0 Å². The summed E-state index contributed by atoms with van der Waals surface area (Å²) in [6.07, 6.45) is 1.71. The summed E-state index contributed by atoms with van der Waals surface area (Å²) in [5, 5.41) is 0. The minimum atomic E-state index is -0.119. The van der Waals surface area contributed by atoms with Gasteiger partial charge in [0.05, 0.1) is 9.26 Å². The monoisotopic (exact) mass is 327 g/mol. The molecule has 0 unspecified atom stereocenters. The molecule has 0 saturated carbocycles. The Morgan fingerprint density at radius 2 is 2.12 bits per heavy atom.